The maximum Gasteiger partial charge on any atom is 0.0540 e. The Morgan fingerprint density at radius 3 is 1.78 bits per heavy atom. The Morgan fingerprint density at radius 2 is 0.918 bits per heavy atom. The highest BCUT2D eigenvalue weighted by Gasteiger charge is 2.20. The van der Waals surface area contributed by atoms with E-state index in [1.165, 1.54) is 73.4 Å². The molecule has 10 aromatic rings. The number of benzene rings is 8. The summed E-state index contributed by atoms with van der Waals surface area (Å²) in [4.78, 5) is 2.44. The number of nitrogens with zero attached hydrogens (tertiary/aromatic N) is 1. The molecule has 10 rings (SSSR count). The van der Waals surface area contributed by atoms with Crippen molar-refractivity contribution < 1.29 is 0 Å². The molecule has 0 aliphatic rings. The van der Waals surface area contributed by atoms with Crippen molar-refractivity contribution >= 4 is 90.9 Å². The first kappa shape index (κ1) is 28.3. The molecule has 230 valence electrons. The van der Waals surface area contributed by atoms with Gasteiger partial charge in [-0.2, -0.15) is 0 Å². The average Bonchev–Trinajstić information content (AvgIpc) is 3.74. The van der Waals surface area contributed by atoms with Crippen LogP contribution < -0.4 is 4.90 Å². The minimum Gasteiger partial charge on any atom is -0.310 e. The van der Waals surface area contributed by atoms with Gasteiger partial charge in [0.25, 0.3) is 0 Å². The van der Waals surface area contributed by atoms with Crippen LogP contribution in [0.1, 0.15) is 0 Å². The SMILES string of the molecule is c1ccc(N(c2ccc(-c3cccc4ccccc34)cc2)c2ccc3sc4ccccc4c3c2)c(-c2cccc3c2sc2ccccc23)c1. The zero-order valence-corrected chi connectivity index (χ0v) is 28.1. The normalized spacial score (nSPS) is 11.7. The van der Waals surface area contributed by atoms with Crippen LogP contribution in [0.5, 0.6) is 0 Å². The third-order valence-corrected chi connectivity index (χ3v) is 12.1. The van der Waals surface area contributed by atoms with E-state index in [1.807, 2.05) is 22.7 Å². The van der Waals surface area contributed by atoms with Crippen LogP contribution in [-0.4, -0.2) is 0 Å². The molecule has 0 amide bonds. The van der Waals surface area contributed by atoms with Gasteiger partial charge >= 0.3 is 0 Å². The fourth-order valence-corrected chi connectivity index (χ4v) is 9.72. The van der Waals surface area contributed by atoms with E-state index in [0.717, 1.165) is 17.1 Å². The van der Waals surface area contributed by atoms with Gasteiger partial charge in [-0.15, -0.1) is 22.7 Å². The summed E-state index contributed by atoms with van der Waals surface area (Å²) in [6, 6.07) is 64.4. The third kappa shape index (κ3) is 4.66. The lowest BCUT2D eigenvalue weighted by Gasteiger charge is -2.28. The lowest BCUT2D eigenvalue weighted by Crippen LogP contribution is -2.11. The number of rotatable bonds is 5. The topological polar surface area (TPSA) is 3.24 Å². The zero-order chi connectivity index (χ0) is 32.3. The fraction of sp³-hybridized carbons (Fsp3) is 0. The Bertz CT molecular complexity index is 2830. The minimum atomic E-state index is 1.12. The molecule has 0 radical (unpaired) electrons. The van der Waals surface area contributed by atoms with Crippen molar-refractivity contribution in [3.63, 3.8) is 0 Å². The van der Waals surface area contributed by atoms with Gasteiger partial charge < -0.3 is 4.90 Å². The summed E-state index contributed by atoms with van der Waals surface area (Å²) in [5.41, 5.74) is 8.36. The molecule has 0 aliphatic heterocycles. The fourth-order valence-electron chi connectivity index (χ4n) is 7.40. The quantitative estimate of drug-likeness (QED) is 0.178. The number of hydrogen-bond acceptors (Lipinski definition) is 3. The van der Waals surface area contributed by atoms with Gasteiger partial charge in [-0.1, -0.05) is 127 Å². The molecule has 0 unspecified atom stereocenters. The lowest BCUT2D eigenvalue weighted by molar-refractivity contribution is 1.29. The molecule has 49 heavy (non-hydrogen) atoms. The van der Waals surface area contributed by atoms with Gasteiger partial charge in [0, 0.05) is 62.8 Å². The van der Waals surface area contributed by atoms with Gasteiger partial charge in [0.05, 0.1) is 5.69 Å². The second kappa shape index (κ2) is 11.5. The van der Waals surface area contributed by atoms with Gasteiger partial charge in [0.1, 0.15) is 0 Å². The molecule has 0 aliphatic carbocycles. The summed E-state index contributed by atoms with van der Waals surface area (Å²) in [7, 11) is 0. The summed E-state index contributed by atoms with van der Waals surface area (Å²) in [6.45, 7) is 0. The highest BCUT2D eigenvalue weighted by atomic mass is 32.1. The highest BCUT2D eigenvalue weighted by molar-refractivity contribution is 7.26. The molecule has 0 atom stereocenters. The molecule has 1 nitrogen and oxygen atoms in total. The summed E-state index contributed by atoms with van der Waals surface area (Å²) < 4.78 is 5.26. The third-order valence-electron chi connectivity index (χ3n) is 9.68. The van der Waals surface area contributed by atoms with E-state index in [2.05, 4.69) is 181 Å². The van der Waals surface area contributed by atoms with Gasteiger partial charge in [-0.25, -0.2) is 0 Å². The number of fused-ring (bicyclic) bond motifs is 7. The van der Waals surface area contributed by atoms with Crippen LogP contribution in [0, 0.1) is 0 Å². The van der Waals surface area contributed by atoms with Crippen molar-refractivity contribution in [2.75, 3.05) is 4.90 Å². The van der Waals surface area contributed by atoms with Crippen LogP contribution in [0.25, 0.3) is 73.4 Å². The molecule has 3 heteroatoms. The maximum atomic E-state index is 2.44. The Balaban J connectivity index is 1.19. The average molecular weight is 660 g/mol. The molecular weight excluding hydrogens is 631 g/mol. The summed E-state index contributed by atoms with van der Waals surface area (Å²) in [5.74, 6) is 0. The number of anilines is 3. The van der Waals surface area contributed by atoms with Crippen molar-refractivity contribution in [2.45, 2.75) is 0 Å². The van der Waals surface area contributed by atoms with E-state index in [9.17, 15) is 0 Å². The first-order valence-electron chi connectivity index (χ1n) is 16.6. The second-order valence-corrected chi connectivity index (χ2v) is 14.6. The molecule has 0 spiro atoms. The van der Waals surface area contributed by atoms with E-state index in [-0.39, 0.29) is 0 Å². The monoisotopic (exact) mass is 659 g/mol. The van der Waals surface area contributed by atoms with E-state index >= 15 is 0 Å². The second-order valence-electron chi connectivity index (χ2n) is 12.5. The van der Waals surface area contributed by atoms with Crippen molar-refractivity contribution in [2.24, 2.45) is 0 Å². The van der Waals surface area contributed by atoms with Crippen LogP contribution >= 0.6 is 22.7 Å². The molecule has 0 bridgehead atoms. The Labute approximate surface area is 292 Å². The highest BCUT2D eigenvalue weighted by Crippen LogP contribution is 2.47. The molecule has 0 fully saturated rings. The van der Waals surface area contributed by atoms with Crippen molar-refractivity contribution in [1.29, 1.82) is 0 Å². The first-order valence-corrected chi connectivity index (χ1v) is 18.2. The maximum absolute atomic E-state index is 2.44. The van der Waals surface area contributed by atoms with Crippen molar-refractivity contribution in [3.05, 3.63) is 176 Å². The van der Waals surface area contributed by atoms with E-state index in [1.54, 1.807) is 0 Å². The molecule has 8 aromatic carbocycles. The van der Waals surface area contributed by atoms with Gasteiger partial charge in [0.2, 0.25) is 0 Å². The largest absolute Gasteiger partial charge is 0.310 e. The number of para-hydroxylation sites is 1. The van der Waals surface area contributed by atoms with Crippen LogP contribution in [0.15, 0.2) is 176 Å². The molecule has 0 saturated heterocycles. The van der Waals surface area contributed by atoms with Gasteiger partial charge in [-0.3, -0.25) is 0 Å². The predicted molar refractivity (Wildman–Crippen MR) is 215 cm³/mol. The van der Waals surface area contributed by atoms with Gasteiger partial charge in [-0.05, 0) is 70.4 Å². The zero-order valence-electron chi connectivity index (χ0n) is 26.5. The van der Waals surface area contributed by atoms with Crippen LogP contribution in [0.3, 0.4) is 0 Å². The van der Waals surface area contributed by atoms with E-state index in [0.29, 0.717) is 0 Å². The van der Waals surface area contributed by atoms with E-state index in [4.69, 9.17) is 0 Å². The Hall–Kier alpha value is -5.74. The number of hydrogen-bond donors (Lipinski definition) is 0. The smallest absolute Gasteiger partial charge is 0.0540 e. The molecule has 2 aromatic heterocycles. The molecular formula is C46H29NS2. The molecule has 2 heterocycles. The van der Waals surface area contributed by atoms with Crippen molar-refractivity contribution in [1.82, 2.24) is 0 Å². The van der Waals surface area contributed by atoms with Crippen LogP contribution in [-0.2, 0) is 0 Å². The van der Waals surface area contributed by atoms with Gasteiger partial charge in [0.15, 0.2) is 0 Å². The summed E-state index contributed by atoms with van der Waals surface area (Å²) in [5, 5.41) is 7.75. The van der Waals surface area contributed by atoms with Crippen LogP contribution in [0.4, 0.5) is 17.1 Å². The Kier molecular flexibility index (Phi) is 6.61. The van der Waals surface area contributed by atoms with E-state index < -0.39 is 0 Å². The standard InChI is InChI=1S/C46H29NS2/c1-2-13-34-30(11-1)12-9-17-35(34)31-23-25-32(26-24-31)47(33-27-28-45-41(29-33)38-16-5-7-21-43(38)48-45)42-20-6-3-14-36(42)39-18-10-19-40-37-15-4-8-22-44(37)49-46(39)40/h1-29H. The first-order chi connectivity index (χ1) is 24.3. The van der Waals surface area contributed by atoms with Crippen molar-refractivity contribution in [3.8, 4) is 22.3 Å². The predicted octanol–water partition coefficient (Wildman–Crippen LogP) is 14.4. The van der Waals surface area contributed by atoms with Crippen LogP contribution in [0.2, 0.25) is 0 Å². The summed E-state index contributed by atoms with van der Waals surface area (Å²) in [6.07, 6.45) is 0. The Morgan fingerprint density at radius 1 is 0.347 bits per heavy atom. The summed E-state index contributed by atoms with van der Waals surface area (Å²) >= 11 is 3.74. The number of thiophene rings is 2. The molecule has 0 saturated carbocycles. The molecule has 0 N–H and O–H groups in total. The minimum absolute atomic E-state index is 1.12. The lowest BCUT2D eigenvalue weighted by atomic mass is 9.97.